The van der Waals surface area contributed by atoms with Gasteiger partial charge in [-0.25, -0.2) is 9.98 Å². The van der Waals surface area contributed by atoms with Gasteiger partial charge in [0, 0.05) is 36.3 Å². The van der Waals surface area contributed by atoms with Crippen molar-refractivity contribution in [1.29, 1.82) is 0 Å². The van der Waals surface area contributed by atoms with Crippen LogP contribution in [0, 0.1) is 6.92 Å². The van der Waals surface area contributed by atoms with Crippen LogP contribution in [-0.4, -0.2) is 29.9 Å². The molecule has 1 fully saturated rings. The summed E-state index contributed by atoms with van der Waals surface area (Å²) in [5, 5.41) is 7.63. The first kappa shape index (κ1) is 19.4. The number of benzene rings is 1. The van der Waals surface area contributed by atoms with E-state index < -0.39 is 0 Å². The Hall–Kier alpha value is -2.41. The number of piperidine rings is 1. The molecule has 1 saturated heterocycles. The SMILES string of the molecule is CCNC(=NCc1ccc(N2CCCCC2=O)cc1)NCc1ncc(C)s1. The number of aryl methyl sites for hydroxylation is 1. The van der Waals surface area contributed by atoms with Gasteiger partial charge in [0.2, 0.25) is 5.91 Å². The number of anilines is 1. The van der Waals surface area contributed by atoms with Crippen molar-refractivity contribution in [3.8, 4) is 0 Å². The van der Waals surface area contributed by atoms with Crippen LogP contribution in [0.25, 0.3) is 0 Å². The molecule has 2 aromatic rings. The fourth-order valence-electron chi connectivity index (χ4n) is 3.01. The topological polar surface area (TPSA) is 69.6 Å². The maximum atomic E-state index is 12.0. The second-order valence-electron chi connectivity index (χ2n) is 6.58. The van der Waals surface area contributed by atoms with Crippen LogP contribution >= 0.6 is 11.3 Å². The number of hydrogen-bond donors (Lipinski definition) is 2. The van der Waals surface area contributed by atoms with Crippen molar-refractivity contribution in [2.45, 2.75) is 46.2 Å². The van der Waals surface area contributed by atoms with E-state index >= 15 is 0 Å². The Morgan fingerprint density at radius 1 is 1.26 bits per heavy atom. The molecule has 1 aromatic heterocycles. The Balaban J connectivity index is 1.59. The number of nitrogens with zero attached hydrogens (tertiary/aromatic N) is 3. The van der Waals surface area contributed by atoms with Gasteiger partial charge in [-0.3, -0.25) is 4.79 Å². The lowest BCUT2D eigenvalue weighted by atomic mass is 10.1. The lowest BCUT2D eigenvalue weighted by molar-refractivity contribution is -0.119. The van der Waals surface area contributed by atoms with Gasteiger partial charge in [0.15, 0.2) is 5.96 Å². The van der Waals surface area contributed by atoms with E-state index in [1.807, 2.05) is 23.2 Å². The number of carbonyl (C=O) groups is 1. The number of carbonyl (C=O) groups excluding carboxylic acids is 1. The maximum Gasteiger partial charge on any atom is 0.226 e. The number of hydrogen-bond acceptors (Lipinski definition) is 4. The zero-order valence-electron chi connectivity index (χ0n) is 16.0. The Kier molecular flexibility index (Phi) is 6.81. The van der Waals surface area contributed by atoms with Crippen molar-refractivity contribution in [3.05, 3.63) is 45.9 Å². The highest BCUT2D eigenvalue weighted by Crippen LogP contribution is 2.21. The number of rotatable bonds is 6. The highest BCUT2D eigenvalue weighted by atomic mass is 32.1. The van der Waals surface area contributed by atoms with Crippen LogP contribution in [0.15, 0.2) is 35.5 Å². The molecule has 2 heterocycles. The quantitative estimate of drug-likeness (QED) is 0.592. The monoisotopic (exact) mass is 385 g/mol. The van der Waals surface area contributed by atoms with Gasteiger partial charge in [-0.05, 0) is 44.4 Å². The lowest BCUT2D eigenvalue weighted by Crippen LogP contribution is -2.36. The molecule has 0 radical (unpaired) electrons. The van der Waals surface area contributed by atoms with Gasteiger partial charge >= 0.3 is 0 Å². The van der Waals surface area contributed by atoms with Crippen LogP contribution in [0.4, 0.5) is 5.69 Å². The van der Waals surface area contributed by atoms with Crippen LogP contribution in [-0.2, 0) is 17.9 Å². The number of thiazole rings is 1. The number of guanidine groups is 1. The molecule has 0 saturated carbocycles. The van der Waals surface area contributed by atoms with Gasteiger partial charge in [0.25, 0.3) is 0 Å². The summed E-state index contributed by atoms with van der Waals surface area (Å²) in [7, 11) is 0. The minimum atomic E-state index is 0.225. The molecule has 7 heteroatoms. The van der Waals surface area contributed by atoms with Gasteiger partial charge in [-0.2, -0.15) is 0 Å². The molecule has 0 atom stereocenters. The fourth-order valence-corrected chi connectivity index (χ4v) is 3.74. The van der Waals surface area contributed by atoms with Crippen LogP contribution in [0.5, 0.6) is 0 Å². The van der Waals surface area contributed by atoms with E-state index in [0.29, 0.717) is 19.5 Å². The first-order valence-electron chi connectivity index (χ1n) is 9.48. The summed E-state index contributed by atoms with van der Waals surface area (Å²) in [4.78, 5) is 24.2. The zero-order valence-corrected chi connectivity index (χ0v) is 16.8. The van der Waals surface area contributed by atoms with Crippen molar-refractivity contribution < 1.29 is 4.79 Å². The highest BCUT2D eigenvalue weighted by Gasteiger charge is 2.19. The van der Waals surface area contributed by atoms with Gasteiger partial charge in [0.1, 0.15) is 5.01 Å². The zero-order chi connectivity index (χ0) is 19.1. The molecular weight excluding hydrogens is 358 g/mol. The molecule has 2 N–H and O–H groups in total. The molecule has 1 amide bonds. The Morgan fingerprint density at radius 3 is 2.74 bits per heavy atom. The first-order chi connectivity index (χ1) is 13.2. The smallest absolute Gasteiger partial charge is 0.226 e. The van der Waals surface area contributed by atoms with E-state index in [1.165, 1.54) is 4.88 Å². The van der Waals surface area contributed by atoms with Gasteiger partial charge < -0.3 is 15.5 Å². The lowest BCUT2D eigenvalue weighted by Gasteiger charge is -2.26. The molecule has 1 aliphatic rings. The molecule has 144 valence electrons. The minimum absolute atomic E-state index is 0.225. The van der Waals surface area contributed by atoms with Crippen molar-refractivity contribution in [2.24, 2.45) is 4.99 Å². The molecule has 1 aromatic carbocycles. The van der Waals surface area contributed by atoms with Crippen LogP contribution in [0.3, 0.4) is 0 Å². The Bertz CT molecular complexity index is 784. The number of aliphatic imine (C=N–C) groups is 1. The second-order valence-corrected chi connectivity index (χ2v) is 7.90. The minimum Gasteiger partial charge on any atom is -0.357 e. The molecule has 6 nitrogen and oxygen atoms in total. The normalized spacial score (nSPS) is 15.1. The summed E-state index contributed by atoms with van der Waals surface area (Å²) in [5.74, 6) is 1.00. The average molecular weight is 386 g/mol. The molecule has 0 aliphatic carbocycles. The third-order valence-electron chi connectivity index (χ3n) is 4.41. The summed E-state index contributed by atoms with van der Waals surface area (Å²) >= 11 is 1.69. The first-order valence-corrected chi connectivity index (χ1v) is 10.3. The Morgan fingerprint density at radius 2 is 2.07 bits per heavy atom. The summed E-state index contributed by atoms with van der Waals surface area (Å²) in [6.07, 6.45) is 4.62. The fraction of sp³-hybridized carbons (Fsp3) is 0.450. The van der Waals surface area contributed by atoms with Crippen molar-refractivity contribution >= 4 is 28.9 Å². The number of aromatic nitrogens is 1. The highest BCUT2D eigenvalue weighted by molar-refractivity contribution is 7.11. The molecule has 0 bridgehead atoms. The third kappa shape index (κ3) is 5.53. The van der Waals surface area contributed by atoms with Crippen molar-refractivity contribution in [1.82, 2.24) is 15.6 Å². The van der Waals surface area contributed by atoms with E-state index in [4.69, 9.17) is 0 Å². The van der Waals surface area contributed by atoms with Gasteiger partial charge in [-0.1, -0.05) is 12.1 Å². The third-order valence-corrected chi connectivity index (χ3v) is 5.32. The van der Waals surface area contributed by atoms with E-state index in [-0.39, 0.29) is 5.91 Å². The Labute approximate surface area is 164 Å². The standard InChI is InChI=1S/C20H27N5OS/c1-3-21-20(24-14-18-22-12-15(2)27-18)23-13-16-7-9-17(10-8-16)25-11-5-4-6-19(25)26/h7-10,12H,3-6,11,13-14H2,1-2H3,(H2,21,23,24). The summed E-state index contributed by atoms with van der Waals surface area (Å²) < 4.78 is 0. The van der Waals surface area contributed by atoms with E-state index in [1.54, 1.807) is 11.3 Å². The molecule has 0 spiro atoms. The summed E-state index contributed by atoms with van der Waals surface area (Å²) in [6.45, 7) is 6.98. The number of amides is 1. The van der Waals surface area contributed by atoms with Gasteiger partial charge in [-0.15, -0.1) is 11.3 Å². The predicted molar refractivity (Wildman–Crippen MR) is 111 cm³/mol. The molecule has 27 heavy (non-hydrogen) atoms. The van der Waals surface area contributed by atoms with Crippen molar-refractivity contribution in [3.63, 3.8) is 0 Å². The van der Waals surface area contributed by atoms with Gasteiger partial charge in [0.05, 0.1) is 13.1 Å². The van der Waals surface area contributed by atoms with Crippen LogP contribution in [0.1, 0.15) is 41.6 Å². The largest absolute Gasteiger partial charge is 0.357 e. The predicted octanol–water partition coefficient (Wildman–Crippen LogP) is 3.22. The van der Waals surface area contributed by atoms with E-state index in [9.17, 15) is 4.79 Å². The maximum absolute atomic E-state index is 12.0. The van der Waals surface area contributed by atoms with Crippen LogP contribution in [0.2, 0.25) is 0 Å². The molecule has 0 unspecified atom stereocenters. The second kappa shape index (κ2) is 9.50. The van der Waals surface area contributed by atoms with E-state index in [2.05, 4.69) is 46.6 Å². The average Bonchev–Trinajstić information content (AvgIpc) is 3.10. The van der Waals surface area contributed by atoms with Crippen LogP contribution < -0.4 is 15.5 Å². The number of nitrogens with one attached hydrogen (secondary N) is 2. The van der Waals surface area contributed by atoms with E-state index in [0.717, 1.165) is 48.1 Å². The summed E-state index contributed by atoms with van der Waals surface area (Å²) in [6, 6.07) is 8.14. The van der Waals surface area contributed by atoms with Crippen molar-refractivity contribution in [2.75, 3.05) is 18.0 Å². The molecule has 1 aliphatic heterocycles. The summed E-state index contributed by atoms with van der Waals surface area (Å²) in [5.41, 5.74) is 2.10. The molecule has 3 rings (SSSR count). The molecular formula is C20H27N5OS.